The molecule has 3 aromatic rings. The Balaban J connectivity index is 1.91. The van der Waals surface area contributed by atoms with Gasteiger partial charge in [-0.1, -0.05) is 70.7 Å². The number of aromatic nitrogens is 2. The van der Waals surface area contributed by atoms with E-state index >= 15 is 0 Å². The van der Waals surface area contributed by atoms with Gasteiger partial charge in [-0.25, -0.2) is 4.98 Å². The van der Waals surface area contributed by atoms with Crippen molar-refractivity contribution in [1.29, 1.82) is 0 Å². The molecule has 2 nitrogen and oxygen atoms in total. The van der Waals surface area contributed by atoms with Crippen LogP contribution in [0, 0.1) is 0 Å². The Labute approximate surface area is 148 Å². The van der Waals surface area contributed by atoms with Crippen LogP contribution in [0.3, 0.4) is 0 Å². The first-order valence-electron chi connectivity index (χ1n) is 6.48. The zero-order chi connectivity index (χ0) is 15.7. The normalized spacial score (nSPS) is 10.9. The van der Waals surface area contributed by atoms with Crippen molar-refractivity contribution in [2.75, 3.05) is 0 Å². The number of halogens is 4. The van der Waals surface area contributed by atoms with Crippen LogP contribution in [0.2, 0.25) is 20.1 Å². The molecule has 0 saturated carbocycles. The molecular formula is C16H10Cl4N2. The lowest BCUT2D eigenvalue weighted by atomic mass is 10.1. The summed E-state index contributed by atoms with van der Waals surface area (Å²) in [6.45, 7) is 0. The quantitative estimate of drug-likeness (QED) is 0.576. The van der Waals surface area contributed by atoms with Crippen LogP contribution in [0.5, 0.6) is 0 Å². The summed E-state index contributed by atoms with van der Waals surface area (Å²) in [5.74, 6) is 0.773. The molecule has 0 aliphatic carbocycles. The van der Waals surface area contributed by atoms with E-state index in [1.807, 2.05) is 24.3 Å². The first-order chi connectivity index (χ1) is 10.6. The Kier molecular flexibility index (Phi) is 4.65. The first-order valence-corrected chi connectivity index (χ1v) is 7.99. The average Bonchev–Trinajstić information content (AvgIpc) is 2.95. The highest BCUT2D eigenvalue weighted by Crippen LogP contribution is 2.33. The number of aromatic amines is 1. The second-order valence-electron chi connectivity index (χ2n) is 4.72. The van der Waals surface area contributed by atoms with E-state index < -0.39 is 0 Å². The second-order valence-corrected chi connectivity index (χ2v) is 6.29. The van der Waals surface area contributed by atoms with Crippen LogP contribution < -0.4 is 0 Å². The molecule has 1 heterocycles. The van der Waals surface area contributed by atoms with Crippen LogP contribution in [0.15, 0.2) is 42.6 Å². The third kappa shape index (κ3) is 3.11. The van der Waals surface area contributed by atoms with Crippen molar-refractivity contribution in [2.45, 2.75) is 6.42 Å². The molecule has 22 heavy (non-hydrogen) atoms. The van der Waals surface area contributed by atoms with E-state index in [1.54, 1.807) is 18.3 Å². The summed E-state index contributed by atoms with van der Waals surface area (Å²) in [5.41, 5.74) is 2.43. The summed E-state index contributed by atoms with van der Waals surface area (Å²) in [6, 6.07) is 11.0. The Morgan fingerprint density at radius 3 is 2.32 bits per heavy atom. The van der Waals surface area contributed by atoms with Gasteiger partial charge in [0.05, 0.1) is 25.8 Å². The highest BCUT2D eigenvalue weighted by Gasteiger charge is 2.12. The van der Waals surface area contributed by atoms with E-state index in [0.717, 1.165) is 22.6 Å². The van der Waals surface area contributed by atoms with E-state index in [-0.39, 0.29) is 0 Å². The molecule has 1 aromatic heterocycles. The standard InChI is InChI=1S/C16H10Cl4N2/c17-11-5-1-3-9(15(11)19)7-14-21-8-13(22-14)10-4-2-6-12(18)16(10)20/h1-6,8H,7H2,(H,21,22). The lowest BCUT2D eigenvalue weighted by Gasteiger charge is -2.04. The van der Waals surface area contributed by atoms with Crippen LogP contribution in [0.4, 0.5) is 0 Å². The van der Waals surface area contributed by atoms with Crippen molar-refractivity contribution in [2.24, 2.45) is 0 Å². The Morgan fingerprint density at radius 1 is 0.864 bits per heavy atom. The molecule has 112 valence electrons. The number of nitrogens with one attached hydrogen (secondary N) is 1. The molecule has 0 radical (unpaired) electrons. The Bertz CT molecular complexity index is 827. The van der Waals surface area contributed by atoms with E-state index in [1.165, 1.54) is 0 Å². The summed E-state index contributed by atoms with van der Waals surface area (Å²) in [6.07, 6.45) is 2.35. The van der Waals surface area contributed by atoms with E-state index in [4.69, 9.17) is 46.4 Å². The Hall–Kier alpha value is -1.19. The molecule has 3 rings (SSSR count). The van der Waals surface area contributed by atoms with Crippen LogP contribution in [-0.4, -0.2) is 9.97 Å². The van der Waals surface area contributed by atoms with Crippen molar-refractivity contribution >= 4 is 46.4 Å². The Morgan fingerprint density at radius 2 is 1.55 bits per heavy atom. The molecule has 1 N–H and O–H groups in total. The monoisotopic (exact) mass is 370 g/mol. The molecule has 0 unspecified atom stereocenters. The van der Waals surface area contributed by atoms with Crippen LogP contribution >= 0.6 is 46.4 Å². The number of hydrogen-bond donors (Lipinski definition) is 1. The highest BCUT2D eigenvalue weighted by molar-refractivity contribution is 6.43. The predicted octanol–water partition coefficient (Wildman–Crippen LogP) is 6.28. The maximum Gasteiger partial charge on any atom is 0.111 e. The van der Waals surface area contributed by atoms with Gasteiger partial charge in [-0.05, 0) is 17.7 Å². The smallest absolute Gasteiger partial charge is 0.111 e. The van der Waals surface area contributed by atoms with Crippen molar-refractivity contribution in [3.05, 3.63) is 74.1 Å². The summed E-state index contributed by atoms with van der Waals surface area (Å²) in [5, 5.41) is 2.07. The first kappa shape index (κ1) is 15.7. The largest absolute Gasteiger partial charge is 0.348 e. The lowest BCUT2D eigenvalue weighted by molar-refractivity contribution is 1.03. The van der Waals surface area contributed by atoms with Gasteiger partial charge in [-0.15, -0.1) is 0 Å². The number of nitrogens with zero attached hydrogens (tertiary/aromatic N) is 1. The summed E-state index contributed by atoms with van der Waals surface area (Å²) < 4.78 is 0. The maximum absolute atomic E-state index is 6.22. The minimum Gasteiger partial charge on any atom is -0.348 e. The van der Waals surface area contributed by atoms with Gasteiger partial charge in [0.25, 0.3) is 0 Å². The molecule has 6 heteroatoms. The zero-order valence-corrected chi connectivity index (χ0v) is 14.2. The fourth-order valence-corrected chi connectivity index (χ4v) is 2.94. The molecule has 0 aliphatic heterocycles. The average molecular weight is 372 g/mol. The number of rotatable bonds is 3. The molecular weight excluding hydrogens is 362 g/mol. The van der Waals surface area contributed by atoms with Crippen LogP contribution in [0.1, 0.15) is 11.4 Å². The molecule has 0 saturated heterocycles. The molecule has 0 spiro atoms. The number of imidazole rings is 1. The molecule has 0 bridgehead atoms. The highest BCUT2D eigenvalue weighted by atomic mass is 35.5. The fourth-order valence-electron chi connectivity index (χ4n) is 2.16. The summed E-state index contributed by atoms with van der Waals surface area (Å²) in [4.78, 5) is 7.68. The van der Waals surface area contributed by atoms with E-state index in [2.05, 4.69) is 9.97 Å². The molecule has 0 atom stereocenters. The van der Waals surface area contributed by atoms with Crippen molar-refractivity contribution in [1.82, 2.24) is 9.97 Å². The lowest BCUT2D eigenvalue weighted by Crippen LogP contribution is -1.92. The van der Waals surface area contributed by atoms with Crippen molar-refractivity contribution in [3.63, 3.8) is 0 Å². The fraction of sp³-hybridized carbons (Fsp3) is 0.0625. The van der Waals surface area contributed by atoms with Gasteiger partial charge in [0.15, 0.2) is 0 Å². The third-order valence-electron chi connectivity index (χ3n) is 3.25. The van der Waals surface area contributed by atoms with E-state index in [0.29, 0.717) is 26.5 Å². The maximum atomic E-state index is 6.22. The third-order valence-corrected chi connectivity index (χ3v) is 4.92. The van der Waals surface area contributed by atoms with Gasteiger partial charge in [0, 0.05) is 18.2 Å². The van der Waals surface area contributed by atoms with Gasteiger partial charge < -0.3 is 4.98 Å². The number of H-pyrrole nitrogens is 1. The number of benzene rings is 2. The minimum absolute atomic E-state index is 0.489. The van der Waals surface area contributed by atoms with Gasteiger partial charge >= 0.3 is 0 Å². The summed E-state index contributed by atoms with van der Waals surface area (Å²) in [7, 11) is 0. The van der Waals surface area contributed by atoms with Gasteiger partial charge in [0.2, 0.25) is 0 Å². The van der Waals surface area contributed by atoms with Crippen molar-refractivity contribution < 1.29 is 0 Å². The molecule has 2 aromatic carbocycles. The van der Waals surface area contributed by atoms with Crippen LogP contribution in [-0.2, 0) is 6.42 Å². The van der Waals surface area contributed by atoms with Gasteiger partial charge in [-0.2, -0.15) is 0 Å². The zero-order valence-electron chi connectivity index (χ0n) is 11.2. The van der Waals surface area contributed by atoms with Crippen molar-refractivity contribution in [3.8, 4) is 11.3 Å². The minimum atomic E-state index is 0.489. The molecule has 0 aliphatic rings. The topological polar surface area (TPSA) is 28.7 Å². The SMILES string of the molecule is Clc1cccc(Cc2nc(-c3cccc(Cl)c3Cl)c[nH]2)c1Cl. The van der Waals surface area contributed by atoms with Gasteiger partial charge in [0.1, 0.15) is 5.82 Å². The van der Waals surface area contributed by atoms with E-state index in [9.17, 15) is 0 Å². The number of hydrogen-bond acceptors (Lipinski definition) is 1. The predicted molar refractivity (Wildman–Crippen MR) is 93.3 cm³/mol. The van der Waals surface area contributed by atoms with Crippen LogP contribution in [0.25, 0.3) is 11.3 Å². The molecule has 0 amide bonds. The summed E-state index contributed by atoms with van der Waals surface area (Å²) >= 11 is 24.5. The van der Waals surface area contributed by atoms with Gasteiger partial charge in [-0.3, -0.25) is 0 Å². The molecule has 0 fully saturated rings. The second kappa shape index (κ2) is 6.51.